The molecular formula is C9H12N2O2. The lowest BCUT2D eigenvalue weighted by Gasteiger charge is -2.23. The molecule has 2 N–H and O–H groups in total. The molecule has 4 nitrogen and oxygen atoms in total. The smallest absolute Gasteiger partial charge is 0.138 e. The molecule has 2 heterocycles. The lowest BCUT2D eigenvalue weighted by atomic mass is 10.1. The van der Waals surface area contributed by atoms with Crippen LogP contribution in [-0.2, 0) is 4.74 Å². The van der Waals surface area contributed by atoms with Gasteiger partial charge in [-0.25, -0.2) is 0 Å². The van der Waals surface area contributed by atoms with Gasteiger partial charge in [0.05, 0.1) is 19.3 Å². The van der Waals surface area contributed by atoms with E-state index in [0.29, 0.717) is 12.3 Å². The number of aromatic nitrogens is 1. The summed E-state index contributed by atoms with van der Waals surface area (Å²) in [5, 5.41) is 12.7. The van der Waals surface area contributed by atoms with Crippen LogP contribution in [0.25, 0.3) is 0 Å². The highest BCUT2D eigenvalue weighted by molar-refractivity contribution is 5.28. The minimum atomic E-state index is 0.0231. The predicted molar refractivity (Wildman–Crippen MR) is 47.5 cm³/mol. The summed E-state index contributed by atoms with van der Waals surface area (Å²) >= 11 is 0. The first-order valence-corrected chi connectivity index (χ1v) is 4.33. The molecule has 1 aromatic rings. The fraction of sp³-hybridized carbons (Fsp3) is 0.444. The SMILES string of the molecule is Oc1cccnc1[C@@H]1COCCN1. The molecule has 0 aliphatic carbocycles. The van der Waals surface area contributed by atoms with Gasteiger partial charge in [0.25, 0.3) is 0 Å². The number of ether oxygens (including phenoxy) is 1. The van der Waals surface area contributed by atoms with Crippen LogP contribution in [0.4, 0.5) is 0 Å². The Kier molecular flexibility index (Phi) is 2.42. The Balaban J connectivity index is 2.18. The fourth-order valence-corrected chi connectivity index (χ4v) is 1.42. The van der Waals surface area contributed by atoms with Crippen LogP contribution in [0.15, 0.2) is 18.3 Å². The van der Waals surface area contributed by atoms with Gasteiger partial charge in [-0.15, -0.1) is 0 Å². The number of hydrogen-bond acceptors (Lipinski definition) is 4. The van der Waals surface area contributed by atoms with E-state index in [1.54, 1.807) is 18.3 Å². The zero-order chi connectivity index (χ0) is 9.10. The van der Waals surface area contributed by atoms with Crippen LogP contribution < -0.4 is 5.32 Å². The molecular weight excluding hydrogens is 168 g/mol. The predicted octanol–water partition coefficient (Wildman–Crippen LogP) is 0.448. The van der Waals surface area contributed by atoms with Crippen LogP contribution in [0.3, 0.4) is 0 Å². The lowest BCUT2D eigenvalue weighted by molar-refractivity contribution is 0.0747. The third-order valence-electron chi connectivity index (χ3n) is 2.07. The Hall–Kier alpha value is -1.13. The second kappa shape index (κ2) is 3.72. The van der Waals surface area contributed by atoms with E-state index in [2.05, 4.69) is 10.3 Å². The normalized spacial score (nSPS) is 22.9. The van der Waals surface area contributed by atoms with Crippen molar-refractivity contribution < 1.29 is 9.84 Å². The second-order valence-corrected chi connectivity index (χ2v) is 2.99. The van der Waals surface area contributed by atoms with E-state index >= 15 is 0 Å². The number of aromatic hydroxyl groups is 1. The Morgan fingerprint density at radius 2 is 2.54 bits per heavy atom. The molecule has 0 amide bonds. The van der Waals surface area contributed by atoms with Gasteiger partial charge in [-0.05, 0) is 12.1 Å². The van der Waals surface area contributed by atoms with Crippen molar-refractivity contribution in [2.75, 3.05) is 19.8 Å². The van der Waals surface area contributed by atoms with Crippen LogP contribution >= 0.6 is 0 Å². The molecule has 0 unspecified atom stereocenters. The van der Waals surface area contributed by atoms with E-state index in [9.17, 15) is 5.11 Å². The first-order chi connectivity index (χ1) is 6.38. The van der Waals surface area contributed by atoms with Crippen LogP contribution in [0.5, 0.6) is 5.75 Å². The van der Waals surface area contributed by atoms with Gasteiger partial charge in [0.15, 0.2) is 0 Å². The van der Waals surface area contributed by atoms with E-state index in [1.165, 1.54) is 0 Å². The van der Waals surface area contributed by atoms with Crippen molar-refractivity contribution in [1.29, 1.82) is 0 Å². The highest BCUT2D eigenvalue weighted by atomic mass is 16.5. The summed E-state index contributed by atoms with van der Waals surface area (Å²) in [6.45, 7) is 2.11. The summed E-state index contributed by atoms with van der Waals surface area (Å²) in [5.41, 5.74) is 0.669. The Labute approximate surface area is 76.6 Å². The minimum Gasteiger partial charge on any atom is -0.506 e. The Bertz CT molecular complexity index is 285. The van der Waals surface area contributed by atoms with Gasteiger partial charge in [-0.1, -0.05) is 0 Å². The fourth-order valence-electron chi connectivity index (χ4n) is 1.42. The summed E-state index contributed by atoms with van der Waals surface area (Å²) < 4.78 is 5.28. The van der Waals surface area contributed by atoms with Crippen molar-refractivity contribution in [2.45, 2.75) is 6.04 Å². The van der Waals surface area contributed by atoms with Gasteiger partial charge in [0.2, 0.25) is 0 Å². The maximum atomic E-state index is 9.50. The van der Waals surface area contributed by atoms with Gasteiger partial charge >= 0.3 is 0 Å². The van der Waals surface area contributed by atoms with E-state index in [0.717, 1.165) is 13.2 Å². The first kappa shape index (κ1) is 8.47. The second-order valence-electron chi connectivity index (χ2n) is 2.99. The Morgan fingerprint density at radius 3 is 3.23 bits per heavy atom. The van der Waals surface area contributed by atoms with Crippen LogP contribution in [-0.4, -0.2) is 29.8 Å². The molecule has 1 atom stereocenters. The molecule has 1 saturated heterocycles. The molecule has 1 aliphatic rings. The zero-order valence-electron chi connectivity index (χ0n) is 7.23. The zero-order valence-corrected chi connectivity index (χ0v) is 7.23. The molecule has 0 bridgehead atoms. The van der Waals surface area contributed by atoms with Crippen molar-refractivity contribution in [3.8, 4) is 5.75 Å². The Morgan fingerprint density at radius 1 is 1.62 bits per heavy atom. The van der Waals surface area contributed by atoms with Gasteiger partial charge in [-0.2, -0.15) is 0 Å². The van der Waals surface area contributed by atoms with E-state index in [-0.39, 0.29) is 11.8 Å². The van der Waals surface area contributed by atoms with E-state index in [4.69, 9.17) is 4.74 Å². The molecule has 1 aliphatic heterocycles. The molecule has 13 heavy (non-hydrogen) atoms. The summed E-state index contributed by atoms with van der Waals surface area (Å²) in [6.07, 6.45) is 1.67. The standard InChI is InChI=1S/C9H12N2O2/c12-8-2-1-3-11-9(8)7-6-13-5-4-10-7/h1-3,7,10,12H,4-6H2/t7-/m0/s1. The number of nitrogens with zero attached hydrogens (tertiary/aromatic N) is 1. The first-order valence-electron chi connectivity index (χ1n) is 4.33. The quantitative estimate of drug-likeness (QED) is 0.658. The van der Waals surface area contributed by atoms with Crippen molar-refractivity contribution in [3.63, 3.8) is 0 Å². The molecule has 70 valence electrons. The maximum absolute atomic E-state index is 9.50. The van der Waals surface area contributed by atoms with E-state index in [1.807, 2.05) is 0 Å². The summed E-state index contributed by atoms with van der Waals surface area (Å²) in [6, 6.07) is 3.37. The van der Waals surface area contributed by atoms with Gasteiger partial charge in [0.1, 0.15) is 11.4 Å². The number of morpholine rings is 1. The summed E-state index contributed by atoms with van der Waals surface area (Å²) in [5.74, 6) is 0.227. The van der Waals surface area contributed by atoms with Crippen molar-refractivity contribution in [1.82, 2.24) is 10.3 Å². The van der Waals surface area contributed by atoms with Crippen molar-refractivity contribution >= 4 is 0 Å². The van der Waals surface area contributed by atoms with E-state index < -0.39 is 0 Å². The third kappa shape index (κ3) is 1.79. The lowest BCUT2D eigenvalue weighted by Crippen LogP contribution is -2.35. The van der Waals surface area contributed by atoms with Crippen LogP contribution in [0, 0.1) is 0 Å². The molecule has 0 saturated carbocycles. The monoisotopic (exact) mass is 180 g/mol. The van der Waals surface area contributed by atoms with Gasteiger partial charge in [-0.3, -0.25) is 4.98 Å². The number of nitrogens with one attached hydrogen (secondary N) is 1. The van der Waals surface area contributed by atoms with Crippen LogP contribution in [0.1, 0.15) is 11.7 Å². The molecule has 0 aromatic carbocycles. The average molecular weight is 180 g/mol. The average Bonchev–Trinajstić information content (AvgIpc) is 2.20. The molecule has 0 spiro atoms. The largest absolute Gasteiger partial charge is 0.506 e. The topological polar surface area (TPSA) is 54.4 Å². The molecule has 4 heteroatoms. The molecule has 1 fully saturated rings. The van der Waals surface area contributed by atoms with Gasteiger partial charge in [0, 0.05) is 12.7 Å². The molecule has 0 radical (unpaired) electrons. The maximum Gasteiger partial charge on any atom is 0.138 e. The highest BCUT2D eigenvalue weighted by Gasteiger charge is 2.18. The highest BCUT2D eigenvalue weighted by Crippen LogP contribution is 2.22. The minimum absolute atomic E-state index is 0.0231. The molecule has 1 aromatic heterocycles. The van der Waals surface area contributed by atoms with Crippen LogP contribution in [0.2, 0.25) is 0 Å². The van der Waals surface area contributed by atoms with Crippen molar-refractivity contribution in [2.24, 2.45) is 0 Å². The third-order valence-corrected chi connectivity index (χ3v) is 2.07. The summed E-state index contributed by atoms with van der Waals surface area (Å²) in [4.78, 5) is 4.11. The summed E-state index contributed by atoms with van der Waals surface area (Å²) in [7, 11) is 0. The number of hydrogen-bond donors (Lipinski definition) is 2. The van der Waals surface area contributed by atoms with Crippen molar-refractivity contribution in [3.05, 3.63) is 24.0 Å². The number of pyridine rings is 1. The van der Waals surface area contributed by atoms with Gasteiger partial charge < -0.3 is 15.2 Å². The molecule has 2 rings (SSSR count). The number of rotatable bonds is 1.